The molecule has 3 nitrogen and oxygen atoms in total. The van der Waals surface area contributed by atoms with Gasteiger partial charge in [-0.05, 0) is 40.3 Å². The van der Waals surface area contributed by atoms with Gasteiger partial charge in [0.15, 0.2) is 0 Å². The van der Waals surface area contributed by atoms with Crippen LogP contribution in [0.5, 0.6) is 0 Å². The normalized spacial score (nSPS) is 10.3. The van der Waals surface area contributed by atoms with Crippen molar-refractivity contribution in [1.29, 1.82) is 0 Å². The summed E-state index contributed by atoms with van der Waals surface area (Å²) >= 11 is 8.05. The highest BCUT2D eigenvalue weighted by Gasteiger charge is 2.04. The Morgan fingerprint density at radius 2 is 2.00 bits per heavy atom. The van der Waals surface area contributed by atoms with Crippen LogP contribution in [0.3, 0.4) is 0 Å². The van der Waals surface area contributed by atoms with E-state index >= 15 is 0 Å². The van der Waals surface area contributed by atoms with Crippen LogP contribution in [0.15, 0.2) is 30.5 Å². The molecule has 17 heavy (non-hydrogen) atoms. The molecule has 0 amide bonds. The SMILES string of the molecule is CNc1nc(Cc2ccc(Cl)cc2)ncc1I. The van der Waals surface area contributed by atoms with E-state index in [0.717, 1.165) is 25.8 Å². The third kappa shape index (κ3) is 3.29. The molecule has 0 aliphatic rings. The summed E-state index contributed by atoms with van der Waals surface area (Å²) in [6.45, 7) is 0. The fourth-order valence-corrected chi connectivity index (χ4v) is 2.10. The van der Waals surface area contributed by atoms with E-state index in [1.54, 1.807) is 0 Å². The van der Waals surface area contributed by atoms with Gasteiger partial charge in [-0.25, -0.2) is 9.97 Å². The number of nitrogens with one attached hydrogen (secondary N) is 1. The van der Waals surface area contributed by atoms with Crippen LogP contribution >= 0.6 is 34.2 Å². The first kappa shape index (κ1) is 12.6. The van der Waals surface area contributed by atoms with Crippen LogP contribution in [0.2, 0.25) is 5.02 Å². The first-order valence-electron chi connectivity index (χ1n) is 5.12. The van der Waals surface area contributed by atoms with Crippen LogP contribution in [-0.2, 0) is 6.42 Å². The molecule has 2 aromatic rings. The Kier molecular flexibility index (Phi) is 4.17. The van der Waals surface area contributed by atoms with Crippen molar-refractivity contribution in [2.45, 2.75) is 6.42 Å². The number of nitrogens with zero attached hydrogens (tertiary/aromatic N) is 2. The second-order valence-electron chi connectivity index (χ2n) is 3.54. The lowest BCUT2D eigenvalue weighted by atomic mass is 10.1. The first-order chi connectivity index (χ1) is 8.19. The van der Waals surface area contributed by atoms with Crippen molar-refractivity contribution in [2.24, 2.45) is 0 Å². The molecule has 2 rings (SSSR count). The van der Waals surface area contributed by atoms with E-state index in [1.165, 1.54) is 0 Å². The zero-order chi connectivity index (χ0) is 12.3. The number of aromatic nitrogens is 2. The van der Waals surface area contributed by atoms with E-state index < -0.39 is 0 Å². The monoisotopic (exact) mass is 359 g/mol. The molecule has 0 radical (unpaired) electrons. The lowest BCUT2D eigenvalue weighted by Crippen LogP contribution is -2.02. The van der Waals surface area contributed by atoms with Crippen molar-refractivity contribution >= 4 is 40.0 Å². The van der Waals surface area contributed by atoms with Gasteiger partial charge < -0.3 is 5.32 Å². The van der Waals surface area contributed by atoms with Gasteiger partial charge in [0, 0.05) is 24.7 Å². The summed E-state index contributed by atoms with van der Waals surface area (Å²) in [5.74, 6) is 1.67. The molecule has 5 heteroatoms. The Balaban J connectivity index is 2.21. The van der Waals surface area contributed by atoms with Crippen LogP contribution in [-0.4, -0.2) is 17.0 Å². The minimum atomic E-state index is 0.711. The summed E-state index contributed by atoms with van der Waals surface area (Å²) in [6, 6.07) is 7.73. The third-order valence-corrected chi connectivity index (χ3v) is 3.35. The van der Waals surface area contributed by atoms with Crippen molar-refractivity contribution in [1.82, 2.24) is 9.97 Å². The lowest BCUT2D eigenvalue weighted by molar-refractivity contribution is 0.963. The molecule has 0 spiro atoms. The zero-order valence-corrected chi connectivity index (χ0v) is 12.2. The van der Waals surface area contributed by atoms with E-state index in [1.807, 2.05) is 37.5 Å². The number of rotatable bonds is 3. The van der Waals surface area contributed by atoms with Gasteiger partial charge in [0.25, 0.3) is 0 Å². The van der Waals surface area contributed by atoms with Gasteiger partial charge in [-0.3, -0.25) is 0 Å². The highest BCUT2D eigenvalue weighted by atomic mass is 127. The Bertz CT molecular complexity index is 514. The average molecular weight is 360 g/mol. The molecule has 1 heterocycles. The molecule has 0 unspecified atom stereocenters. The van der Waals surface area contributed by atoms with Crippen LogP contribution < -0.4 is 5.32 Å². The van der Waals surface area contributed by atoms with Crippen molar-refractivity contribution in [3.8, 4) is 0 Å². The third-order valence-electron chi connectivity index (χ3n) is 2.31. The quantitative estimate of drug-likeness (QED) is 0.854. The highest BCUT2D eigenvalue weighted by molar-refractivity contribution is 14.1. The predicted molar refractivity (Wildman–Crippen MR) is 78.6 cm³/mol. The topological polar surface area (TPSA) is 37.8 Å². The Morgan fingerprint density at radius 3 is 2.65 bits per heavy atom. The summed E-state index contributed by atoms with van der Waals surface area (Å²) in [7, 11) is 1.86. The minimum Gasteiger partial charge on any atom is -0.372 e. The molecular weight excluding hydrogens is 349 g/mol. The fourth-order valence-electron chi connectivity index (χ4n) is 1.45. The van der Waals surface area contributed by atoms with E-state index in [9.17, 15) is 0 Å². The van der Waals surface area contributed by atoms with E-state index in [2.05, 4.69) is 37.9 Å². The number of halogens is 2. The smallest absolute Gasteiger partial charge is 0.142 e. The van der Waals surface area contributed by atoms with Gasteiger partial charge in [-0.1, -0.05) is 23.7 Å². The van der Waals surface area contributed by atoms with Crippen molar-refractivity contribution in [3.05, 3.63) is 50.4 Å². The number of anilines is 1. The van der Waals surface area contributed by atoms with Crippen molar-refractivity contribution in [2.75, 3.05) is 12.4 Å². The molecule has 0 atom stereocenters. The second kappa shape index (κ2) is 5.64. The van der Waals surface area contributed by atoms with Crippen molar-refractivity contribution in [3.63, 3.8) is 0 Å². The van der Waals surface area contributed by atoms with E-state index in [4.69, 9.17) is 11.6 Å². The molecule has 1 aromatic heterocycles. The molecule has 0 saturated heterocycles. The Morgan fingerprint density at radius 1 is 1.29 bits per heavy atom. The molecule has 1 N–H and O–H groups in total. The zero-order valence-electron chi connectivity index (χ0n) is 9.24. The lowest BCUT2D eigenvalue weighted by Gasteiger charge is -2.05. The minimum absolute atomic E-state index is 0.711. The largest absolute Gasteiger partial charge is 0.372 e. The number of benzene rings is 1. The summed E-state index contributed by atoms with van der Waals surface area (Å²) in [6.07, 6.45) is 2.54. The van der Waals surface area contributed by atoms with E-state index in [-0.39, 0.29) is 0 Å². The van der Waals surface area contributed by atoms with Crippen LogP contribution in [0.4, 0.5) is 5.82 Å². The summed E-state index contributed by atoms with van der Waals surface area (Å²) < 4.78 is 1.02. The maximum Gasteiger partial charge on any atom is 0.142 e. The van der Waals surface area contributed by atoms with Gasteiger partial charge in [-0.2, -0.15) is 0 Å². The molecule has 1 aromatic carbocycles. The second-order valence-corrected chi connectivity index (χ2v) is 5.13. The standard InChI is InChI=1S/C12H11ClIN3/c1-15-12-10(14)7-16-11(17-12)6-8-2-4-9(13)5-3-8/h2-5,7H,6H2,1H3,(H,15,16,17). The van der Waals surface area contributed by atoms with Crippen LogP contribution in [0, 0.1) is 3.57 Å². The van der Waals surface area contributed by atoms with Gasteiger partial charge in [0.1, 0.15) is 11.6 Å². The summed E-state index contributed by atoms with van der Waals surface area (Å²) in [5, 5.41) is 3.79. The molecule has 0 bridgehead atoms. The number of hydrogen-bond donors (Lipinski definition) is 1. The van der Waals surface area contributed by atoms with Gasteiger partial charge in [0.2, 0.25) is 0 Å². The fraction of sp³-hybridized carbons (Fsp3) is 0.167. The Hall–Kier alpha value is -0.880. The van der Waals surface area contributed by atoms with Gasteiger partial charge >= 0.3 is 0 Å². The first-order valence-corrected chi connectivity index (χ1v) is 6.58. The summed E-state index contributed by atoms with van der Waals surface area (Å²) in [5.41, 5.74) is 1.15. The van der Waals surface area contributed by atoms with E-state index in [0.29, 0.717) is 6.42 Å². The average Bonchev–Trinajstić information content (AvgIpc) is 2.34. The molecule has 0 fully saturated rings. The Labute approximate surface area is 119 Å². The molecule has 0 saturated carbocycles. The highest BCUT2D eigenvalue weighted by Crippen LogP contribution is 2.16. The number of hydrogen-bond acceptors (Lipinski definition) is 3. The molecule has 0 aliphatic heterocycles. The maximum absolute atomic E-state index is 5.84. The van der Waals surface area contributed by atoms with Gasteiger partial charge in [0.05, 0.1) is 3.57 Å². The molecule has 0 aliphatic carbocycles. The summed E-state index contributed by atoms with van der Waals surface area (Å²) in [4.78, 5) is 8.76. The van der Waals surface area contributed by atoms with Gasteiger partial charge in [-0.15, -0.1) is 0 Å². The van der Waals surface area contributed by atoms with Crippen molar-refractivity contribution < 1.29 is 0 Å². The molecular formula is C12H11ClIN3. The maximum atomic E-state index is 5.84. The van der Waals surface area contributed by atoms with Crippen LogP contribution in [0.1, 0.15) is 11.4 Å². The van der Waals surface area contributed by atoms with Crippen LogP contribution in [0.25, 0.3) is 0 Å². The molecule has 88 valence electrons. The predicted octanol–water partition coefficient (Wildman–Crippen LogP) is 3.37.